The summed E-state index contributed by atoms with van der Waals surface area (Å²) in [5.41, 5.74) is 7.43. The van der Waals surface area contributed by atoms with Crippen molar-refractivity contribution in [2.75, 3.05) is 26.7 Å². The minimum Gasteiger partial charge on any atom is -0.329 e. The van der Waals surface area contributed by atoms with E-state index in [1.54, 1.807) is 11.3 Å². The molecule has 18 heavy (non-hydrogen) atoms. The molecule has 3 heterocycles. The first-order valence-corrected chi connectivity index (χ1v) is 7.92. The highest BCUT2D eigenvalue weighted by atomic mass is 32.1. The third-order valence-corrected chi connectivity index (χ3v) is 5.47. The number of thiophene rings is 1. The summed E-state index contributed by atoms with van der Waals surface area (Å²) in [6.07, 6.45) is 4.05. The number of rotatable bonds is 3. The van der Waals surface area contributed by atoms with Gasteiger partial charge in [0.05, 0.1) is 0 Å². The number of nitrogens with zero attached hydrogens (tertiary/aromatic N) is 2. The topological polar surface area (TPSA) is 32.5 Å². The van der Waals surface area contributed by atoms with Crippen LogP contribution in [0.2, 0.25) is 0 Å². The van der Waals surface area contributed by atoms with Gasteiger partial charge in [0.15, 0.2) is 0 Å². The molecule has 2 N–H and O–H groups in total. The van der Waals surface area contributed by atoms with Gasteiger partial charge in [0.25, 0.3) is 0 Å². The SMILES string of the molecule is CN1C2CCC1CN(C(CN)c1ccsc1)CC2. The molecule has 0 radical (unpaired) electrons. The number of fused-ring (bicyclic) bond motifs is 2. The van der Waals surface area contributed by atoms with Crippen molar-refractivity contribution in [3.05, 3.63) is 22.4 Å². The summed E-state index contributed by atoms with van der Waals surface area (Å²) in [6, 6.07) is 4.20. The highest BCUT2D eigenvalue weighted by molar-refractivity contribution is 7.07. The van der Waals surface area contributed by atoms with Crippen LogP contribution in [0.5, 0.6) is 0 Å². The molecule has 1 aromatic heterocycles. The summed E-state index contributed by atoms with van der Waals surface area (Å²) in [5, 5.41) is 4.42. The molecule has 0 aromatic carbocycles. The van der Waals surface area contributed by atoms with Gasteiger partial charge < -0.3 is 5.73 Å². The van der Waals surface area contributed by atoms with Crippen LogP contribution in [0.4, 0.5) is 0 Å². The van der Waals surface area contributed by atoms with Crippen LogP contribution in [0.1, 0.15) is 30.9 Å². The van der Waals surface area contributed by atoms with E-state index < -0.39 is 0 Å². The van der Waals surface area contributed by atoms with Gasteiger partial charge >= 0.3 is 0 Å². The molecule has 2 saturated heterocycles. The number of likely N-dealkylation sites (tertiary alicyclic amines) is 1. The van der Waals surface area contributed by atoms with Crippen LogP contribution in [0.15, 0.2) is 16.8 Å². The van der Waals surface area contributed by atoms with Crippen LogP contribution in [-0.4, -0.2) is 48.6 Å². The predicted octanol–water partition coefficient (Wildman–Crippen LogP) is 1.92. The van der Waals surface area contributed by atoms with E-state index in [1.807, 2.05) is 0 Å². The van der Waals surface area contributed by atoms with Gasteiger partial charge in [0.1, 0.15) is 0 Å². The maximum Gasteiger partial charge on any atom is 0.0479 e. The van der Waals surface area contributed by atoms with Gasteiger partial charge in [-0.05, 0) is 48.7 Å². The van der Waals surface area contributed by atoms with Crippen molar-refractivity contribution in [3.8, 4) is 0 Å². The molecule has 3 rings (SSSR count). The minimum atomic E-state index is 0.420. The molecule has 0 saturated carbocycles. The summed E-state index contributed by atoms with van der Waals surface area (Å²) in [7, 11) is 2.30. The van der Waals surface area contributed by atoms with Crippen LogP contribution in [0, 0.1) is 0 Å². The Hall–Kier alpha value is -0.420. The molecule has 1 aromatic rings. The first-order chi connectivity index (χ1) is 8.79. The standard InChI is InChI=1S/C14H23N3S/c1-16-12-2-3-13(16)9-17(6-4-12)14(8-15)11-5-7-18-10-11/h5,7,10,12-14H,2-4,6,8-9,15H2,1H3. The van der Waals surface area contributed by atoms with Gasteiger partial charge in [-0.15, -0.1) is 0 Å². The monoisotopic (exact) mass is 265 g/mol. The van der Waals surface area contributed by atoms with Crippen molar-refractivity contribution < 1.29 is 0 Å². The van der Waals surface area contributed by atoms with Gasteiger partial charge in [-0.2, -0.15) is 11.3 Å². The Bertz CT molecular complexity index is 378. The van der Waals surface area contributed by atoms with Crippen molar-refractivity contribution in [2.45, 2.75) is 37.4 Å². The van der Waals surface area contributed by atoms with Crippen LogP contribution in [0.25, 0.3) is 0 Å². The van der Waals surface area contributed by atoms with Gasteiger partial charge in [-0.25, -0.2) is 0 Å². The molecule has 3 atom stereocenters. The second-order valence-electron chi connectivity index (χ2n) is 5.64. The van der Waals surface area contributed by atoms with Crippen molar-refractivity contribution in [1.82, 2.24) is 9.80 Å². The number of likely N-dealkylation sites (N-methyl/N-ethyl adjacent to an activating group) is 1. The zero-order valence-corrected chi connectivity index (χ0v) is 11.9. The molecule has 0 amide bonds. The van der Waals surface area contributed by atoms with Gasteiger partial charge in [0.2, 0.25) is 0 Å². The second kappa shape index (κ2) is 5.29. The largest absolute Gasteiger partial charge is 0.329 e. The maximum atomic E-state index is 6.03. The summed E-state index contributed by atoms with van der Waals surface area (Å²) in [5.74, 6) is 0. The number of nitrogens with two attached hydrogens (primary N) is 1. The van der Waals surface area contributed by atoms with Crippen LogP contribution in [0.3, 0.4) is 0 Å². The Balaban J connectivity index is 1.76. The first-order valence-electron chi connectivity index (χ1n) is 6.97. The quantitative estimate of drug-likeness (QED) is 0.906. The van der Waals surface area contributed by atoms with E-state index in [4.69, 9.17) is 5.73 Å². The van der Waals surface area contributed by atoms with E-state index >= 15 is 0 Å². The van der Waals surface area contributed by atoms with E-state index in [1.165, 1.54) is 37.9 Å². The molecular weight excluding hydrogens is 242 g/mol. The van der Waals surface area contributed by atoms with E-state index in [9.17, 15) is 0 Å². The number of hydrogen-bond donors (Lipinski definition) is 1. The fraction of sp³-hybridized carbons (Fsp3) is 0.714. The lowest BCUT2D eigenvalue weighted by Gasteiger charge is -2.32. The lowest BCUT2D eigenvalue weighted by molar-refractivity contribution is 0.175. The molecule has 3 nitrogen and oxygen atoms in total. The molecule has 0 spiro atoms. The Labute approximate surface area is 114 Å². The Morgan fingerprint density at radius 2 is 2.22 bits per heavy atom. The summed E-state index contributed by atoms with van der Waals surface area (Å²) in [4.78, 5) is 5.21. The average Bonchev–Trinajstić information content (AvgIpc) is 2.93. The van der Waals surface area contributed by atoms with Crippen molar-refractivity contribution >= 4 is 11.3 Å². The van der Waals surface area contributed by atoms with Gasteiger partial charge in [-0.3, -0.25) is 9.80 Å². The van der Waals surface area contributed by atoms with E-state index in [2.05, 4.69) is 33.7 Å². The third kappa shape index (κ3) is 2.23. The number of hydrogen-bond acceptors (Lipinski definition) is 4. The molecule has 2 aliphatic rings. The van der Waals surface area contributed by atoms with E-state index in [0.29, 0.717) is 6.04 Å². The lowest BCUT2D eigenvalue weighted by Crippen LogP contribution is -2.40. The van der Waals surface area contributed by atoms with Crippen LogP contribution >= 0.6 is 11.3 Å². The van der Waals surface area contributed by atoms with Crippen LogP contribution < -0.4 is 5.73 Å². The molecule has 2 bridgehead atoms. The molecule has 4 heteroatoms. The third-order valence-electron chi connectivity index (χ3n) is 4.77. The minimum absolute atomic E-state index is 0.420. The molecule has 0 aliphatic carbocycles. The second-order valence-corrected chi connectivity index (χ2v) is 6.42. The average molecular weight is 265 g/mol. The maximum absolute atomic E-state index is 6.03. The molecule has 2 fully saturated rings. The lowest BCUT2D eigenvalue weighted by atomic mass is 10.0. The summed E-state index contributed by atoms with van der Waals surface area (Å²) < 4.78 is 0. The normalized spacial score (nSPS) is 31.4. The highest BCUT2D eigenvalue weighted by Gasteiger charge is 2.36. The fourth-order valence-electron chi connectivity index (χ4n) is 3.58. The highest BCUT2D eigenvalue weighted by Crippen LogP contribution is 2.32. The zero-order chi connectivity index (χ0) is 12.5. The first kappa shape index (κ1) is 12.6. The fourth-order valence-corrected chi connectivity index (χ4v) is 4.29. The Morgan fingerprint density at radius 3 is 2.94 bits per heavy atom. The molecule has 3 unspecified atom stereocenters. The van der Waals surface area contributed by atoms with Crippen LogP contribution in [-0.2, 0) is 0 Å². The molecular formula is C14H23N3S. The smallest absolute Gasteiger partial charge is 0.0479 e. The Kier molecular flexibility index (Phi) is 3.71. The summed E-state index contributed by atoms with van der Waals surface area (Å²) >= 11 is 1.78. The summed E-state index contributed by atoms with van der Waals surface area (Å²) in [6.45, 7) is 3.12. The van der Waals surface area contributed by atoms with Crippen molar-refractivity contribution in [2.24, 2.45) is 5.73 Å². The van der Waals surface area contributed by atoms with Crippen molar-refractivity contribution in [1.29, 1.82) is 0 Å². The van der Waals surface area contributed by atoms with Gasteiger partial charge in [0, 0.05) is 37.8 Å². The van der Waals surface area contributed by atoms with Crippen molar-refractivity contribution in [3.63, 3.8) is 0 Å². The van der Waals surface area contributed by atoms with E-state index in [-0.39, 0.29) is 0 Å². The molecule has 2 aliphatic heterocycles. The Morgan fingerprint density at radius 1 is 1.39 bits per heavy atom. The zero-order valence-electron chi connectivity index (χ0n) is 11.1. The van der Waals surface area contributed by atoms with E-state index in [0.717, 1.165) is 18.6 Å². The predicted molar refractivity (Wildman–Crippen MR) is 76.9 cm³/mol. The van der Waals surface area contributed by atoms with Gasteiger partial charge in [-0.1, -0.05) is 0 Å². The molecule has 100 valence electrons.